The number of benzene rings is 1. The molecular weight excluding hydrogens is 284 g/mol. The predicted molar refractivity (Wildman–Crippen MR) is 75.3 cm³/mol. The zero-order valence-corrected chi connectivity index (χ0v) is 11.6. The van der Waals surface area contributed by atoms with Crippen LogP contribution in [0.4, 0.5) is 5.69 Å². The van der Waals surface area contributed by atoms with Gasteiger partial charge >= 0.3 is 0 Å². The Morgan fingerprint density at radius 3 is 2.79 bits per heavy atom. The molecule has 0 aliphatic heterocycles. The second-order valence-electron chi connectivity index (χ2n) is 4.00. The van der Waals surface area contributed by atoms with Crippen LogP contribution in [0.3, 0.4) is 0 Å². The van der Waals surface area contributed by atoms with E-state index in [1.165, 1.54) is 23.5 Å². The first-order chi connectivity index (χ1) is 8.99. The van der Waals surface area contributed by atoms with E-state index in [0.29, 0.717) is 11.3 Å². The number of thiophene rings is 1. The smallest absolute Gasteiger partial charge is 0.240 e. The van der Waals surface area contributed by atoms with Crippen molar-refractivity contribution in [2.75, 3.05) is 12.3 Å². The summed E-state index contributed by atoms with van der Waals surface area (Å²) in [7, 11) is -3.66. The van der Waals surface area contributed by atoms with Crippen molar-refractivity contribution in [1.82, 2.24) is 4.72 Å². The topological polar surface area (TPSA) is 92.4 Å². The second-order valence-corrected chi connectivity index (χ2v) is 6.54. The van der Waals surface area contributed by atoms with Gasteiger partial charge < -0.3 is 10.8 Å². The summed E-state index contributed by atoms with van der Waals surface area (Å²) in [6.45, 7) is -0.0755. The lowest BCUT2D eigenvalue weighted by molar-refractivity contribution is 0.182. The van der Waals surface area contributed by atoms with Gasteiger partial charge in [-0.2, -0.15) is 11.3 Å². The quantitative estimate of drug-likeness (QED) is 0.726. The van der Waals surface area contributed by atoms with E-state index in [2.05, 4.69) is 4.72 Å². The van der Waals surface area contributed by atoms with Crippen molar-refractivity contribution in [3.05, 3.63) is 46.7 Å². The Morgan fingerprint density at radius 1 is 1.37 bits per heavy atom. The highest BCUT2D eigenvalue weighted by Gasteiger charge is 2.16. The molecule has 2 rings (SSSR count). The van der Waals surface area contributed by atoms with Crippen molar-refractivity contribution in [3.63, 3.8) is 0 Å². The normalized spacial score (nSPS) is 13.3. The van der Waals surface area contributed by atoms with Crippen LogP contribution in [0, 0.1) is 0 Å². The summed E-state index contributed by atoms with van der Waals surface area (Å²) < 4.78 is 26.3. The van der Waals surface area contributed by atoms with E-state index in [4.69, 9.17) is 5.73 Å². The van der Waals surface area contributed by atoms with Gasteiger partial charge in [-0.1, -0.05) is 6.07 Å². The predicted octanol–water partition coefficient (Wildman–Crippen LogP) is 1.34. The second kappa shape index (κ2) is 5.70. The standard InChI is InChI=1S/C12H14N2O3S2/c13-10-2-1-3-11(6-10)19(16,17)14-7-12(15)9-4-5-18-8-9/h1-6,8,12,14-15H,7,13H2. The number of hydrogen-bond donors (Lipinski definition) is 3. The molecule has 1 heterocycles. The van der Waals surface area contributed by atoms with Crippen LogP contribution >= 0.6 is 11.3 Å². The van der Waals surface area contributed by atoms with Gasteiger partial charge in [0.1, 0.15) is 0 Å². The third kappa shape index (κ3) is 3.54. The maximum Gasteiger partial charge on any atom is 0.240 e. The van der Waals surface area contributed by atoms with E-state index in [-0.39, 0.29) is 11.4 Å². The van der Waals surface area contributed by atoms with Crippen LogP contribution < -0.4 is 10.5 Å². The van der Waals surface area contributed by atoms with E-state index in [1.54, 1.807) is 23.6 Å². The Bertz CT molecular complexity index is 639. The summed E-state index contributed by atoms with van der Waals surface area (Å²) in [4.78, 5) is 0.0880. The van der Waals surface area contributed by atoms with Crippen LogP contribution in [0.25, 0.3) is 0 Å². The summed E-state index contributed by atoms with van der Waals surface area (Å²) in [5, 5.41) is 13.4. The first-order valence-electron chi connectivity index (χ1n) is 5.54. The molecule has 1 atom stereocenters. The van der Waals surface area contributed by atoms with Crippen molar-refractivity contribution in [2.24, 2.45) is 0 Å². The zero-order chi connectivity index (χ0) is 13.9. The lowest BCUT2D eigenvalue weighted by atomic mass is 10.2. The van der Waals surface area contributed by atoms with Crippen molar-refractivity contribution in [1.29, 1.82) is 0 Å². The Kier molecular flexibility index (Phi) is 4.20. The number of aliphatic hydroxyl groups is 1. The largest absolute Gasteiger partial charge is 0.399 e. The van der Waals surface area contributed by atoms with Crippen molar-refractivity contribution < 1.29 is 13.5 Å². The van der Waals surface area contributed by atoms with E-state index < -0.39 is 16.1 Å². The molecule has 7 heteroatoms. The van der Waals surface area contributed by atoms with Gasteiger partial charge in [0.05, 0.1) is 11.0 Å². The van der Waals surface area contributed by atoms with E-state index in [1.807, 2.05) is 5.38 Å². The Balaban J connectivity index is 2.06. The van der Waals surface area contributed by atoms with Crippen molar-refractivity contribution in [2.45, 2.75) is 11.0 Å². The van der Waals surface area contributed by atoms with E-state index in [9.17, 15) is 13.5 Å². The molecular formula is C12H14N2O3S2. The number of nitrogen functional groups attached to an aromatic ring is 1. The first-order valence-corrected chi connectivity index (χ1v) is 7.97. The highest BCUT2D eigenvalue weighted by Crippen LogP contribution is 2.17. The maximum atomic E-state index is 12.0. The Hall–Kier alpha value is -1.41. The number of hydrogen-bond acceptors (Lipinski definition) is 5. The number of aliphatic hydroxyl groups excluding tert-OH is 1. The summed E-state index contributed by atoms with van der Waals surface area (Å²) in [6, 6.07) is 7.76. The third-order valence-electron chi connectivity index (χ3n) is 2.56. The van der Waals surface area contributed by atoms with Gasteiger partial charge in [0.25, 0.3) is 0 Å². The minimum atomic E-state index is -3.66. The summed E-state index contributed by atoms with van der Waals surface area (Å²) >= 11 is 1.45. The minimum absolute atomic E-state index is 0.0755. The molecule has 0 radical (unpaired) electrons. The van der Waals surface area contributed by atoms with Gasteiger partial charge in [-0.05, 0) is 40.6 Å². The molecule has 2 aromatic rings. The minimum Gasteiger partial charge on any atom is -0.399 e. The average Bonchev–Trinajstić information content (AvgIpc) is 2.90. The van der Waals surface area contributed by atoms with Crippen LogP contribution in [-0.2, 0) is 10.0 Å². The van der Waals surface area contributed by atoms with Gasteiger partial charge in [-0.25, -0.2) is 13.1 Å². The molecule has 5 nitrogen and oxygen atoms in total. The molecule has 0 fully saturated rings. The number of nitrogens with one attached hydrogen (secondary N) is 1. The van der Waals surface area contributed by atoms with Crippen LogP contribution in [0.5, 0.6) is 0 Å². The fourth-order valence-electron chi connectivity index (χ4n) is 1.54. The van der Waals surface area contributed by atoms with Crippen LogP contribution in [0.2, 0.25) is 0 Å². The third-order valence-corrected chi connectivity index (χ3v) is 4.69. The van der Waals surface area contributed by atoms with Gasteiger partial charge in [-0.15, -0.1) is 0 Å². The molecule has 0 aliphatic carbocycles. The SMILES string of the molecule is Nc1cccc(S(=O)(=O)NCC(O)c2ccsc2)c1. The van der Waals surface area contributed by atoms with Gasteiger partial charge in [-0.3, -0.25) is 0 Å². The molecule has 1 unspecified atom stereocenters. The molecule has 0 saturated carbocycles. The van der Waals surface area contributed by atoms with Gasteiger partial charge in [0.2, 0.25) is 10.0 Å². The molecule has 0 saturated heterocycles. The molecule has 0 spiro atoms. The highest BCUT2D eigenvalue weighted by atomic mass is 32.2. The molecule has 1 aromatic carbocycles. The fraction of sp³-hybridized carbons (Fsp3) is 0.167. The number of nitrogens with two attached hydrogens (primary N) is 1. The van der Waals surface area contributed by atoms with Gasteiger partial charge in [0.15, 0.2) is 0 Å². The molecule has 1 aromatic heterocycles. The lowest BCUT2D eigenvalue weighted by Gasteiger charge is -2.11. The lowest BCUT2D eigenvalue weighted by Crippen LogP contribution is -2.28. The molecule has 0 aliphatic rings. The molecule has 19 heavy (non-hydrogen) atoms. The van der Waals surface area contributed by atoms with Crippen LogP contribution in [-0.4, -0.2) is 20.1 Å². The monoisotopic (exact) mass is 298 g/mol. The summed E-state index contributed by atoms with van der Waals surface area (Å²) in [6.07, 6.45) is -0.859. The molecule has 0 bridgehead atoms. The maximum absolute atomic E-state index is 12.0. The van der Waals surface area contributed by atoms with Crippen molar-refractivity contribution in [3.8, 4) is 0 Å². The number of rotatable bonds is 5. The average molecular weight is 298 g/mol. The van der Waals surface area contributed by atoms with E-state index >= 15 is 0 Å². The molecule has 0 amide bonds. The van der Waals surface area contributed by atoms with Crippen LogP contribution in [0.15, 0.2) is 46.0 Å². The van der Waals surface area contributed by atoms with Crippen LogP contribution in [0.1, 0.15) is 11.7 Å². The number of anilines is 1. The molecule has 4 N–H and O–H groups in total. The fourth-order valence-corrected chi connectivity index (χ4v) is 3.34. The van der Waals surface area contributed by atoms with E-state index in [0.717, 1.165) is 0 Å². The first kappa shape index (κ1) is 14.0. The zero-order valence-electron chi connectivity index (χ0n) is 9.98. The Morgan fingerprint density at radius 2 is 2.16 bits per heavy atom. The Labute approximate surface area is 115 Å². The summed E-state index contributed by atoms with van der Waals surface area (Å²) in [5.74, 6) is 0. The molecule has 102 valence electrons. The summed E-state index contributed by atoms with van der Waals surface area (Å²) in [5.41, 5.74) is 6.62. The highest BCUT2D eigenvalue weighted by molar-refractivity contribution is 7.89. The van der Waals surface area contributed by atoms with Crippen molar-refractivity contribution >= 4 is 27.0 Å². The van der Waals surface area contributed by atoms with Gasteiger partial charge in [0, 0.05) is 12.2 Å². The number of sulfonamides is 1.